The van der Waals surface area contributed by atoms with E-state index in [4.69, 9.17) is 13.9 Å². The van der Waals surface area contributed by atoms with Gasteiger partial charge in [-0.05, 0) is 84.6 Å². The van der Waals surface area contributed by atoms with E-state index >= 15 is 0 Å². The zero-order valence-electron chi connectivity index (χ0n) is 23.2. The van der Waals surface area contributed by atoms with E-state index in [2.05, 4.69) is 67.6 Å². The third-order valence-electron chi connectivity index (χ3n) is 11.8. The van der Waals surface area contributed by atoms with Gasteiger partial charge in [-0.25, -0.2) is 0 Å². The summed E-state index contributed by atoms with van der Waals surface area (Å²) < 4.78 is 19.6. The second kappa shape index (κ2) is 7.52. The lowest BCUT2D eigenvalue weighted by Crippen LogP contribution is -2.61. The van der Waals surface area contributed by atoms with Gasteiger partial charge in [0, 0.05) is 17.8 Å². The molecule has 1 saturated heterocycles. The maximum atomic E-state index is 14.0. The summed E-state index contributed by atoms with van der Waals surface area (Å²) in [6.45, 7) is 22.5. The lowest BCUT2D eigenvalue weighted by Gasteiger charge is -2.62. The molecule has 0 N–H and O–H groups in total. The highest BCUT2D eigenvalue weighted by atomic mass is 28.4. The average molecular weight is 489 g/mol. The first-order chi connectivity index (χ1) is 15.6. The number of rotatable bonds is 2. The molecule has 0 aromatic rings. The van der Waals surface area contributed by atoms with Crippen molar-refractivity contribution in [2.24, 2.45) is 34.0 Å². The quantitative estimate of drug-likeness (QED) is 0.397. The number of carbonyl (C=O) groups excluding carboxylic acids is 1. The molecule has 0 aromatic heterocycles. The van der Waals surface area contributed by atoms with E-state index in [1.165, 1.54) is 12.0 Å². The Labute approximate surface area is 208 Å². The van der Waals surface area contributed by atoms with Crippen molar-refractivity contribution in [3.63, 3.8) is 0 Å². The molecular weight excluding hydrogens is 440 g/mol. The van der Waals surface area contributed by atoms with Gasteiger partial charge in [0.05, 0.1) is 19.3 Å². The number of carbonyl (C=O) groups is 1. The number of allylic oxidation sites excluding steroid dienone is 1. The molecule has 34 heavy (non-hydrogen) atoms. The molecule has 0 aromatic carbocycles. The van der Waals surface area contributed by atoms with Gasteiger partial charge in [-0.15, -0.1) is 0 Å². The van der Waals surface area contributed by atoms with Crippen molar-refractivity contribution in [2.75, 3.05) is 13.2 Å². The van der Waals surface area contributed by atoms with E-state index in [0.717, 1.165) is 32.1 Å². The Balaban J connectivity index is 1.47. The molecule has 0 radical (unpaired) electrons. The maximum Gasteiger partial charge on any atom is 0.192 e. The molecule has 0 unspecified atom stereocenters. The first kappa shape index (κ1) is 25.2. The topological polar surface area (TPSA) is 44.8 Å². The standard InChI is InChI=1S/C29H48O4Si/c1-25(2,3)34(8,9)33-23-11-10-19-24-20(12-13-28(19,23)7)27(6)14-15-29(31-16-17-32-29)26(4,5)22(27)18-21(24)30/h18-20,23-24H,10-17H2,1-9H3/t19-,20-,23-,24-,27+,28-/m0/s1. The molecule has 1 spiro atoms. The smallest absolute Gasteiger partial charge is 0.192 e. The summed E-state index contributed by atoms with van der Waals surface area (Å²) in [4.78, 5) is 14.0. The highest BCUT2D eigenvalue weighted by molar-refractivity contribution is 6.74. The SMILES string of the molecule is CC1(C)C2=CC(=O)[C@H]3[C@@H]4CC[C@H](O[Si](C)(C)C(C)(C)C)[C@@]4(C)CC[C@@H]3[C@@]2(C)CCC12OCCO2. The van der Waals surface area contributed by atoms with E-state index in [-0.39, 0.29) is 33.3 Å². The molecule has 4 nitrogen and oxygen atoms in total. The predicted octanol–water partition coefficient (Wildman–Crippen LogP) is 6.90. The van der Waals surface area contributed by atoms with E-state index in [1.54, 1.807) is 0 Å². The van der Waals surface area contributed by atoms with Gasteiger partial charge in [0.25, 0.3) is 0 Å². The summed E-state index contributed by atoms with van der Waals surface area (Å²) in [6, 6.07) is 0. The Bertz CT molecular complexity index is 892. The van der Waals surface area contributed by atoms with E-state index in [0.29, 0.717) is 30.8 Å². The van der Waals surface area contributed by atoms with Gasteiger partial charge in [-0.2, -0.15) is 0 Å². The average Bonchev–Trinajstić information content (AvgIpc) is 3.33. The molecule has 1 heterocycles. The molecule has 5 heteroatoms. The van der Waals surface area contributed by atoms with Crippen LogP contribution in [0, 0.1) is 34.0 Å². The Morgan fingerprint density at radius 2 is 1.59 bits per heavy atom. The molecule has 6 atom stereocenters. The van der Waals surface area contributed by atoms with Crippen molar-refractivity contribution in [3.8, 4) is 0 Å². The monoisotopic (exact) mass is 488 g/mol. The van der Waals surface area contributed by atoms with Crippen molar-refractivity contribution >= 4 is 14.1 Å². The molecule has 1 aliphatic heterocycles. The largest absolute Gasteiger partial charge is 0.413 e. The molecule has 5 rings (SSSR count). The summed E-state index contributed by atoms with van der Waals surface area (Å²) in [5, 5.41) is 0.207. The summed E-state index contributed by atoms with van der Waals surface area (Å²) in [5.41, 5.74) is 1.15. The first-order valence-electron chi connectivity index (χ1n) is 13.8. The van der Waals surface area contributed by atoms with Crippen LogP contribution in [0.15, 0.2) is 11.6 Å². The molecular formula is C29H48O4Si. The van der Waals surface area contributed by atoms with Gasteiger partial charge < -0.3 is 13.9 Å². The number of hydrogen-bond acceptors (Lipinski definition) is 4. The number of ketones is 1. The minimum absolute atomic E-state index is 0.0440. The van der Waals surface area contributed by atoms with Crippen molar-refractivity contribution in [1.29, 1.82) is 0 Å². The van der Waals surface area contributed by atoms with E-state index in [9.17, 15) is 4.79 Å². The number of ether oxygens (including phenoxy) is 2. The normalized spacial score (nSPS) is 43.3. The fourth-order valence-corrected chi connectivity index (χ4v) is 10.1. The van der Waals surface area contributed by atoms with Crippen molar-refractivity contribution in [2.45, 2.75) is 117 Å². The third kappa shape index (κ3) is 3.21. The zero-order chi connectivity index (χ0) is 24.9. The number of hydrogen-bond donors (Lipinski definition) is 0. The van der Waals surface area contributed by atoms with Crippen LogP contribution < -0.4 is 0 Å². The fraction of sp³-hybridized carbons (Fsp3) is 0.897. The van der Waals surface area contributed by atoms with Crippen LogP contribution in [0.4, 0.5) is 0 Å². The van der Waals surface area contributed by atoms with Crippen LogP contribution in [0.2, 0.25) is 18.1 Å². The molecule has 4 aliphatic carbocycles. The van der Waals surface area contributed by atoms with Crippen LogP contribution in [-0.2, 0) is 18.7 Å². The minimum atomic E-state index is -1.86. The van der Waals surface area contributed by atoms with Crippen molar-refractivity contribution in [1.82, 2.24) is 0 Å². The Kier molecular flexibility index (Phi) is 5.57. The maximum absolute atomic E-state index is 14.0. The summed E-state index contributed by atoms with van der Waals surface area (Å²) >= 11 is 0. The molecule has 4 fully saturated rings. The van der Waals surface area contributed by atoms with Crippen LogP contribution in [0.1, 0.15) is 87.0 Å². The van der Waals surface area contributed by atoms with Gasteiger partial charge in [-0.1, -0.05) is 48.5 Å². The van der Waals surface area contributed by atoms with Crippen molar-refractivity contribution < 1.29 is 18.7 Å². The highest BCUT2D eigenvalue weighted by Crippen LogP contribution is 2.69. The second-order valence-corrected chi connectivity index (χ2v) is 19.4. The Morgan fingerprint density at radius 1 is 0.941 bits per heavy atom. The molecule has 192 valence electrons. The molecule has 3 saturated carbocycles. The number of fused-ring (bicyclic) bond motifs is 5. The van der Waals surface area contributed by atoms with Crippen LogP contribution in [0.3, 0.4) is 0 Å². The zero-order valence-corrected chi connectivity index (χ0v) is 24.2. The second-order valence-electron chi connectivity index (χ2n) is 14.7. The van der Waals surface area contributed by atoms with Crippen LogP contribution >= 0.6 is 0 Å². The van der Waals surface area contributed by atoms with E-state index < -0.39 is 14.1 Å². The first-order valence-corrected chi connectivity index (χ1v) is 16.7. The minimum Gasteiger partial charge on any atom is -0.413 e. The predicted molar refractivity (Wildman–Crippen MR) is 138 cm³/mol. The fourth-order valence-electron chi connectivity index (χ4n) is 8.65. The van der Waals surface area contributed by atoms with E-state index in [1.807, 2.05) is 0 Å². The van der Waals surface area contributed by atoms with Gasteiger partial charge in [0.2, 0.25) is 0 Å². The lowest BCUT2D eigenvalue weighted by molar-refractivity contribution is -0.245. The third-order valence-corrected chi connectivity index (χ3v) is 16.3. The van der Waals surface area contributed by atoms with Gasteiger partial charge in [0.15, 0.2) is 19.9 Å². The summed E-state index contributed by atoms with van der Waals surface area (Å²) in [7, 11) is -1.86. The van der Waals surface area contributed by atoms with Crippen molar-refractivity contribution in [3.05, 3.63) is 11.6 Å². The molecule has 0 bridgehead atoms. The van der Waals surface area contributed by atoms with Gasteiger partial charge >= 0.3 is 0 Å². The lowest BCUT2D eigenvalue weighted by atomic mass is 9.44. The highest BCUT2D eigenvalue weighted by Gasteiger charge is 2.67. The summed E-state index contributed by atoms with van der Waals surface area (Å²) in [5.74, 6) is 0.786. The van der Waals surface area contributed by atoms with Gasteiger partial charge in [-0.3, -0.25) is 4.79 Å². The van der Waals surface area contributed by atoms with Crippen LogP contribution in [-0.4, -0.2) is 39.2 Å². The van der Waals surface area contributed by atoms with Crippen LogP contribution in [0.5, 0.6) is 0 Å². The summed E-state index contributed by atoms with van der Waals surface area (Å²) in [6.07, 6.45) is 8.84. The molecule has 5 aliphatic rings. The Morgan fingerprint density at radius 3 is 2.21 bits per heavy atom. The van der Waals surface area contributed by atoms with Gasteiger partial charge in [0.1, 0.15) is 0 Å². The molecule has 0 amide bonds. The Hall–Kier alpha value is -0.493. The van der Waals surface area contributed by atoms with Crippen LogP contribution in [0.25, 0.3) is 0 Å².